The Balaban J connectivity index is 1.27. The molecule has 3 aromatic heterocycles. The number of benzene rings is 1. The number of fused-ring (bicyclic) bond motifs is 2. The molecule has 5 rings (SSSR count). The van der Waals surface area contributed by atoms with Crippen LogP contribution >= 0.6 is 0 Å². The molecule has 2 atom stereocenters. The van der Waals surface area contributed by atoms with E-state index in [-0.39, 0.29) is 0 Å². The van der Waals surface area contributed by atoms with Gasteiger partial charge in [0, 0.05) is 23.8 Å². The standard InChI is InChI=1S/C21H22N6/c22-20-18-7-8-27(21(18)26-13-25-20)17-6-4-14(9-17)1-2-15-3-5-16-11-23-12-24-19(16)10-15/h3,5,7-8,10-14,17H,1-2,4,6,9H2,(H2,22,25,26)/t14-,17+/m1/s1. The third-order valence-corrected chi connectivity index (χ3v) is 5.86. The van der Waals surface area contributed by atoms with Crippen molar-refractivity contribution in [3.05, 3.63) is 54.9 Å². The summed E-state index contributed by atoms with van der Waals surface area (Å²) in [5.74, 6) is 1.31. The van der Waals surface area contributed by atoms with Crippen LogP contribution < -0.4 is 5.73 Å². The second-order valence-electron chi connectivity index (χ2n) is 7.51. The monoisotopic (exact) mass is 358 g/mol. The quantitative estimate of drug-likeness (QED) is 0.598. The highest BCUT2D eigenvalue weighted by Gasteiger charge is 2.27. The summed E-state index contributed by atoms with van der Waals surface area (Å²) in [6.07, 6.45) is 13.1. The zero-order chi connectivity index (χ0) is 18.2. The number of nitrogens with two attached hydrogens (primary N) is 1. The van der Waals surface area contributed by atoms with Crippen molar-refractivity contribution in [2.75, 3.05) is 5.73 Å². The summed E-state index contributed by atoms with van der Waals surface area (Å²) >= 11 is 0. The largest absolute Gasteiger partial charge is 0.383 e. The molecule has 2 N–H and O–H groups in total. The van der Waals surface area contributed by atoms with Crippen molar-refractivity contribution in [1.29, 1.82) is 0 Å². The lowest BCUT2D eigenvalue weighted by Gasteiger charge is -2.14. The summed E-state index contributed by atoms with van der Waals surface area (Å²) in [6.45, 7) is 0. The summed E-state index contributed by atoms with van der Waals surface area (Å²) in [7, 11) is 0. The number of nitrogen functional groups attached to an aromatic ring is 1. The van der Waals surface area contributed by atoms with Crippen molar-refractivity contribution < 1.29 is 0 Å². The maximum atomic E-state index is 5.97. The molecular formula is C21H22N6. The molecule has 1 aromatic carbocycles. The van der Waals surface area contributed by atoms with E-state index >= 15 is 0 Å². The fourth-order valence-corrected chi connectivity index (χ4v) is 4.39. The summed E-state index contributed by atoms with van der Waals surface area (Å²) < 4.78 is 2.29. The number of nitrogens with zero attached hydrogens (tertiary/aromatic N) is 5. The molecule has 0 saturated heterocycles. The van der Waals surface area contributed by atoms with Gasteiger partial charge in [0.25, 0.3) is 0 Å². The lowest BCUT2D eigenvalue weighted by molar-refractivity contribution is 0.461. The molecule has 1 fully saturated rings. The number of rotatable bonds is 4. The lowest BCUT2D eigenvalue weighted by atomic mass is 9.97. The first kappa shape index (κ1) is 16.2. The molecule has 6 heteroatoms. The highest BCUT2D eigenvalue weighted by molar-refractivity contribution is 5.86. The summed E-state index contributed by atoms with van der Waals surface area (Å²) in [6, 6.07) is 9.07. The topological polar surface area (TPSA) is 82.5 Å². The smallest absolute Gasteiger partial charge is 0.145 e. The zero-order valence-electron chi connectivity index (χ0n) is 15.1. The van der Waals surface area contributed by atoms with Crippen LogP contribution in [0.15, 0.2) is 49.3 Å². The first-order chi connectivity index (χ1) is 13.3. The predicted molar refractivity (Wildman–Crippen MR) is 106 cm³/mol. The molecule has 1 aliphatic carbocycles. The molecular weight excluding hydrogens is 336 g/mol. The Hall–Kier alpha value is -3.02. The van der Waals surface area contributed by atoms with Crippen LogP contribution in [0.1, 0.15) is 37.3 Å². The van der Waals surface area contributed by atoms with E-state index in [1.165, 1.54) is 31.2 Å². The molecule has 0 bridgehead atoms. The van der Waals surface area contributed by atoms with Gasteiger partial charge in [0.05, 0.1) is 10.9 Å². The molecule has 0 aliphatic heterocycles. The van der Waals surface area contributed by atoms with Gasteiger partial charge in [0.15, 0.2) is 0 Å². The molecule has 1 aliphatic rings. The first-order valence-corrected chi connectivity index (χ1v) is 9.53. The van der Waals surface area contributed by atoms with Crippen LogP contribution in [-0.2, 0) is 6.42 Å². The SMILES string of the molecule is Nc1ncnc2c1ccn2[C@H]1CC[C@@H](CCc2ccc3cncnc3c2)C1. The second kappa shape index (κ2) is 6.61. The molecule has 4 aromatic rings. The van der Waals surface area contributed by atoms with Gasteiger partial charge in [-0.05, 0) is 55.7 Å². The van der Waals surface area contributed by atoms with Crippen molar-refractivity contribution in [1.82, 2.24) is 24.5 Å². The molecule has 0 radical (unpaired) electrons. The molecule has 3 heterocycles. The number of hydrogen-bond acceptors (Lipinski definition) is 5. The number of hydrogen-bond donors (Lipinski definition) is 1. The number of aromatic nitrogens is 5. The van der Waals surface area contributed by atoms with Gasteiger partial charge in [-0.2, -0.15) is 0 Å². The molecule has 0 spiro atoms. The minimum absolute atomic E-state index is 0.506. The fourth-order valence-electron chi connectivity index (χ4n) is 4.39. The first-order valence-electron chi connectivity index (χ1n) is 9.53. The van der Waals surface area contributed by atoms with Crippen LogP contribution in [0.2, 0.25) is 0 Å². The molecule has 136 valence electrons. The minimum Gasteiger partial charge on any atom is -0.383 e. The van der Waals surface area contributed by atoms with Gasteiger partial charge in [-0.1, -0.05) is 12.1 Å². The van der Waals surface area contributed by atoms with Gasteiger partial charge in [-0.3, -0.25) is 0 Å². The third-order valence-electron chi connectivity index (χ3n) is 5.86. The highest BCUT2D eigenvalue weighted by Crippen LogP contribution is 2.39. The van der Waals surface area contributed by atoms with Gasteiger partial charge < -0.3 is 10.3 Å². The Bertz CT molecular complexity index is 1100. The Labute approximate surface area is 157 Å². The molecule has 0 unspecified atom stereocenters. The number of anilines is 1. The zero-order valence-corrected chi connectivity index (χ0v) is 15.1. The summed E-state index contributed by atoms with van der Waals surface area (Å²) in [5, 5.41) is 2.06. The number of aryl methyl sites for hydroxylation is 1. The van der Waals surface area contributed by atoms with E-state index < -0.39 is 0 Å². The van der Waals surface area contributed by atoms with Crippen molar-refractivity contribution in [3.8, 4) is 0 Å². The van der Waals surface area contributed by atoms with E-state index in [1.807, 2.05) is 12.3 Å². The summed E-state index contributed by atoms with van der Waals surface area (Å²) in [5.41, 5.74) is 9.32. The Morgan fingerprint density at radius 2 is 2.04 bits per heavy atom. The van der Waals surface area contributed by atoms with E-state index in [2.05, 4.69) is 48.9 Å². The summed E-state index contributed by atoms with van der Waals surface area (Å²) in [4.78, 5) is 17.0. The van der Waals surface area contributed by atoms with Crippen molar-refractivity contribution in [2.24, 2.45) is 5.92 Å². The minimum atomic E-state index is 0.506. The van der Waals surface area contributed by atoms with Gasteiger partial charge in [-0.15, -0.1) is 0 Å². The van der Waals surface area contributed by atoms with Crippen molar-refractivity contribution in [3.63, 3.8) is 0 Å². The van der Waals surface area contributed by atoms with E-state index in [0.29, 0.717) is 11.9 Å². The van der Waals surface area contributed by atoms with Crippen molar-refractivity contribution in [2.45, 2.75) is 38.1 Å². The Morgan fingerprint density at radius 1 is 1.07 bits per heavy atom. The van der Waals surface area contributed by atoms with Crippen LogP contribution in [0.25, 0.3) is 21.9 Å². The van der Waals surface area contributed by atoms with Crippen LogP contribution in [0.5, 0.6) is 0 Å². The van der Waals surface area contributed by atoms with Crippen LogP contribution in [0.3, 0.4) is 0 Å². The van der Waals surface area contributed by atoms with Gasteiger partial charge >= 0.3 is 0 Å². The second-order valence-corrected chi connectivity index (χ2v) is 7.51. The van der Waals surface area contributed by atoms with E-state index in [0.717, 1.165) is 34.3 Å². The van der Waals surface area contributed by atoms with E-state index in [1.54, 1.807) is 12.7 Å². The average molecular weight is 358 g/mol. The third kappa shape index (κ3) is 3.01. The van der Waals surface area contributed by atoms with Gasteiger partial charge in [-0.25, -0.2) is 19.9 Å². The average Bonchev–Trinajstić information content (AvgIpc) is 3.33. The fraction of sp³-hybridized carbons (Fsp3) is 0.333. The van der Waals surface area contributed by atoms with E-state index in [4.69, 9.17) is 5.73 Å². The Kier molecular flexibility index (Phi) is 3.96. The highest BCUT2D eigenvalue weighted by atomic mass is 15.1. The van der Waals surface area contributed by atoms with Gasteiger partial charge in [0.1, 0.15) is 24.1 Å². The maximum Gasteiger partial charge on any atom is 0.145 e. The Morgan fingerprint density at radius 3 is 3.00 bits per heavy atom. The van der Waals surface area contributed by atoms with Crippen LogP contribution in [0.4, 0.5) is 5.82 Å². The van der Waals surface area contributed by atoms with Gasteiger partial charge in [0.2, 0.25) is 0 Å². The van der Waals surface area contributed by atoms with Crippen LogP contribution in [0, 0.1) is 5.92 Å². The lowest BCUT2D eigenvalue weighted by Crippen LogP contribution is -2.06. The predicted octanol–water partition coefficient (Wildman–Crippen LogP) is 3.93. The maximum absolute atomic E-state index is 5.97. The van der Waals surface area contributed by atoms with Crippen molar-refractivity contribution >= 4 is 27.8 Å². The van der Waals surface area contributed by atoms with E-state index in [9.17, 15) is 0 Å². The molecule has 1 saturated carbocycles. The normalized spacial score (nSPS) is 19.9. The van der Waals surface area contributed by atoms with Crippen LogP contribution in [-0.4, -0.2) is 24.5 Å². The molecule has 6 nitrogen and oxygen atoms in total. The molecule has 0 amide bonds. The molecule has 27 heavy (non-hydrogen) atoms.